The first-order chi connectivity index (χ1) is 20.2. The van der Waals surface area contributed by atoms with E-state index < -0.39 is 0 Å². The summed E-state index contributed by atoms with van der Waals surface area (Å²) in [5, 5.41) is 3.51. The van der Waals surface area contributed by atoms with E-state index in [1.807, 2.05) is 91.0 Å². The van der Waals surface area contributed by atoms with Crippen molar-refractivity contribution in [3.8, 4) is 45.6 Å². The molecule has 9 rings (SSSR count). The van der Waals surface area contributed by atoms with Crippen molar-refractivity contribution in [1.29, 1.82) is 0 Å². The molecule has 4 N–H and O–H groups in total. The maximum Gasteiger partial charge on any atom is 0.164 e. The second-order valence-electron chi connectivity index (χ2n) is 10.0. The minimum absolute atomic E-state index is 0.546. The topological polar surface area (TPSA) is 135 Å². The number of aromatic nitrogens is 8. The van der Waals surface area contributed by atoms with Crippen molar-refractivity contribution in [3.63, 3.8) is 0 Å². The number of nitrogen functional groups attached to an aromatic ring is 1. The van der Waals surface area contributed by atoms with E-state index in [1.165, 1.54) is 0 Å². The van der Waals surface area contributed by atoms with Gasteiger partial charge in [-0.05, 0) is 6.07 Å². The Kier molecular flexibility index (Phi) is 4.29. The summed E-state index contributed by atoms with van der Waals surface area (Å²) in [6.45, 7) is 0. The molecule has 5 heterocycles. The average molecular weight is 530 g/mol. The van der Waals surface area contributed by atoms with Gasteiger partial charge in [-0.25, -0.2) is 29.9 Å². The highest BCUT2D eigenvalue weighted by Gasteiger charge is 2.22. The van der Waals surface area contributed by atoms with Crippen molar-refractivity contribution < 1.29 is 0 Å². The lowest BCUT2D eigenvalue weighted by atomic mass is 10.1. The molecule has 0 saturated heterocycles. The number of rotatable bonds is 0. The van der Waals surface area contributed by atoms with Crippen LogP contribution in [0.15, 0.2) is 91.0 Å². The van der Waals surface area contributed by atoms with Gasteiger partial charge in [-0.15, -0.1) is 0 Å². The number of nitrogens with two attached hydrogens (primary N) is 1. The number of nitrogens with one attached hydrogen (secondary N) is 2. The molecule has 192 valence electrons. The van der Waals surface area contributed by atoms with Crippen LogP contribution in [0.25, 0.3) is 89.7 Å². The van der Waals surface area contributed by atoms with Crippen LogP contribution in [0.4, 0.5) is 5.69 Å². The van der Waals surface area contributed by atoms with Crippen molar-refractivity contribution in [3.05, 3.63) is 91.0 Å². The van der Waals surface area contributed by atoms with Crippen LogP contribution in [-0.4, -0.2) is 39.9 Å². The third kappa shape index (κ3) is 3.17. The Morgan fingerprint density at radius 2 is 0.780 bits per heavy atom. The zero-order valence-corrected chi connectivity index (χ0v) is 21.4. The third-order valence-corrected chi connectivity index (χ3v) is 7.61. The molecular weight excluding hydrogens is 510 g/mol. The van der Waals surface area contributed by atoms with Crippen LogP contribution >= 0.6 is 0 Å². The first kappa shape index (κ1) is 21.9. The fourth-order valence-corrected chi connectivity index (χ4v) is 5.72. The van der Waals surface area contributed by atoms with Gasteiger partial charge in [0.2, 0.25) is 0 Å². The van der Waals surface area contributed by atoms with Crippen LogP contribution in [0.3, 0.4) is 0 Å². The molecule has 0 atom stereocenters. The summed E-state index contributed by atoms with van der Waals surface area (Å²) < 4.78 is 0. The number of benzene rings is 4. The van der Waals surface area contributed by atoms with Crippen molar-refractivity contribution in [2.45, 2.75) is 0 Å². The van der Waals surface area contributed by atoms with Gasteiger partial charge < -0.3 is 15.7 Å². The lowest BCUT2D eigenvalue weighted by Crippen LogP contribution is -1.86. The van der Waals surface area contributed by atoms with Crippen molar-refractivity contribution >= 4 is 49.8 Å². The zero-order valence-electron chi connectivity index (χ0n) is 21.4. The summed E-state index contributed by atoms with van der Waals surface area (Å²) in [5.41, 5.74) is 13.2. The van der Waals surface area contributed by atoms with Crippen LogP contribution in [-0.2, 0) is 0 Å². The number of hydrogen-bond donors (Lipinski definition) is 3. The molecule has 2 aliphatic heterocycles. The summed E-state index contributed by atoms with van der Waals surface area (Å²) in [5.74, 6) is 2.25. The Morgan fingerprint density at radius 1 is 0.390 bits per heavy atom. The Morgan fingerprint density at radius 3 is 1.29 bits per heavy atom. The van der Waals surface area contributed by atoms with E-state index in [1.54, 1.807) is 0 Å². The number of nitrogens with zero attached hydrogens (tertiary/aromatic N) is 6. The lowest BCUT2D eigenvalue weighted by molar-refractivity contribution is 1.19. The SMILES string of the molecule is Nc1cccc2c3nc4nc(nc5[nH]c(nc6nc(nc([nH]3)c12)-c1ccccc1-6)c1ccccc51)-c1ccccc1-4. The predicted octanol–water partition coefficient (Wildman–Crippen LogP) is 6.45. The van der Waals surface area contributed by atoms with E-state index in [-0.39, 0.29) is 0 Å². The largest absolute Gasteiger partial charge is 0.398 e. The fraction of sp³-hybridized carbons (Fsp3) is 0. The van der Waals surface area contributed by atoms with E-state index in [9.17, 15) is 0 Å². The van der Waals surface area contributed by atoms with Crippen molar-refractivity contribution in [2.75, 3.05) is 5.73 Å². The first-order valence-electron chi connectivity index (χ1n) is 13.2. The number of anilines is 1. The van der Waals surface area contributed by atoms with Gasteiger partial charge in [-0.3, -0.25) is 0 Å². The third-order valence-electron chi connectivity index (χ3n) is 7.61. The van der Waals surface area contributed by atoms with E-state index in [4.69, 9.17) is 35.6 Å². The second kappa shape index (κ2) is 8.03. The van der Waals surface area contributed by atoms with Gasteiger partial charge in [0, 0.05) is 44.1 Å². The molecule has 0 fully saturated rings. The molecule has 9 nitrogen and oxygen atoms in total. The fourth-order valence-electron chi connectivity index (χ4n) is 5.72. The average Bonchev–Trinajstić information content (AvgIpc) is 3.73. The van der Waals surface area contributed by atoms with E-state index in [2.05, 4.69) is 9.97 Å². The number of aromatic amines is 2. The Hall–Kier alpha value is -5.96. The lowest BCUT2D eigenvalue weighted by Gasteiger charge is -1.97. The number of hydrogen-bond acceptors (Lipinski definition) is 7. The molecule has 0 unspecified atom stereocenters. The summed E-state index contributed by atoms with van der Waals surface area (Å²) in [6.07, 6.45) is 0. The van der Waals surface area contributed by atoms with Gasteiger partial charge in [-0.2, -0.15) is 0 Å². The molecule has 0 aliphatic carbocycles. The predicted molar refractivity (Wildman–Crippen MR) is 160 cm³/mol. The zero-order chi connectivity index (χ0) is 27.1. The van der Waals surface area contributed by atoms with Crippen molar-refractivity contribution in [2.24, 2.45) is 0 Å². The Bertz CT molecular complexity index is 2400. The van der Waals surface area contributed by atoms with Gasteiger partial charge in [-0.1, -0.05) is 84.9 Å². The molecule has 41 heavy (non-hydrogen) atoms. The van der Waals surface area contributed by atoms with Crippen LogP contribution in [0, 0.1) is 0 Å². The molecule has 2 aliphatic rings. The van der Waals surface area contributed by atoms with E-state index >= 15 is 0 Å². The van der Waals surface area contributed by atoms with Crippen LogP contribution in [0.1, 0.15) is 0 Å². The number of fused-ring (bicyclic) bond motifs is 20. The van der Waals surface area contributed by atoms with Gasteiger partial charge in [0.1, 0.15) is 22.6 Å². The maximum absolute atomic E-state index is 6.49. The minimum atomic E-state index is 0.546. The highest BCUT2D eigenvalue weighted by atomic mass is 15.1. The van der Waals surface area contributed by atoms with Crippen LogP contribution in [0.2, 0.25) is 0 Å². The van der Waals surface area contributed by atoms with Gasteiger partial charge >= 0.3 is 0 Å². The number of H-pyrrole nitrogens is 2. The van der Waals surface area contributed by atoms with Gasteiger partial charge in [0.15, 0.2) is 23.3 Å². The smallest absolute Gasteiger partial charge is 0.164 e. The maximum atomic E-state index is 6.49. The van der Waals surface area contributed by atoms with Crippen LogP contribution < -0.4 is 5.73 Å². The summed E-state index contributed by atoms with van der Waals surface area (Å²) in [7, 11) is 0. The van der Waals surface area contributed by atoms with Gasteiger partial charge in [0.05, 0.1) is 5.39 Å². The summed E-state index contributed by atoms with van der Waals surface area (Å²) in [4.78, 5) is 36.7. The molecule has 4 aromatic carbocycles. The standard InChI is InChI=1S/C32H19N9/c33-23-15-7-14-22-24(23)32-40-30-21-13-6-5-12-20(21)28(38-30)36-26-17-9-2-1-8-16(17)25(34-26)35-27-18-10-3-4-11-19(18)29(37-27)39-31(22)41-32/h1-15H,33H2,(H2,34,35,36,37,38,39,40,41). The Labute approximate surface area is 231 Å². The quantitative estimate of drug-likeness (QED) is 0.192. The minimum Gasteiger partial charge on any atom is -0.398 e. The normalized spacial score (nSPS) is 12.0. The summed E-state index contributed by atoms with van der Waals surface area (Å²) in [6, 6.07) is 29.7. The molecule has 0 spiro atoms. The van der Waals surface area contributed by atoms with Gasteiger partial charge in [0.25, 0.3) is 0 Å². The highest BCUT2D eigenvalue weighted by Crippen LogP contribution is 2.37. The Balaban J connectivity index is 1.52. The molecule has 7 aromatic rings. The van der Waals surface area contributed by atoms with E-state index in [0.29, 0.717) is 51.6 Å². The molecule has 0 amide bonds. The van der Waals surface area contributed by atoms with E-state index in [0.717, 1.165) is 43.8 Å². The molecule has 9 heteroatoms. The second-order valence-corrected chi connectivity index (χ2v) is 10.0. The van der Waals surface area contributed by atoms with Crippen LogP contribution in [0.5, 0.6) is 0 Å². The summed E-state index contributed by atoms with van der Waals surface area (Å²) >= 11 is 0. The molecule has 8 bridgehead atoms. The molecular formula is C32H19N9. The highest BCUT2D eigenvalue weighted by molar-refractivity contribution is 6.11. The molecule has 3 aromatic heterocycles. The molecule has 0 radical (unpaired) electrons. The van der Waals surface area contributed by atoms with Crippen molar-refractivity contribution in [1.82, 2.24) is 39.9 Å². The first-order valence-corrected chi connectivity index (χ1v) is 13.2. The monoisotopic (exact) mass is 529 g/mol. The molecule has 0 saturated carbocycles.